The Morgan fingerprint density at radius 3 is 2.83 bits per heavy atom. The van der Waals surface area contributed by atoms with Crippen molar-refractivity contribution >= 4 is 11.7 Å². The molecule has 0 bridgehead atoms. The van der Waals surface area contributed by atoms with Gasteiger partial charge in [-0.2, -0.15) is 0 Å². The van der Waals surface area contributed by atoms with Gasteiger partial charge in [0.25, 0.3) is 0 Å². The molecular weight excluding hydrogens is 294 g/mol. The maximum atomic E-state index is 12.5. The highest BCUT2D eigenvalue weighted by molar-refractivity contribution is 6.01. The van der Waals surface area contributed by atoms with Crippen molar-refractivity contribution in [2.75, 3.05) is 13.7 Å². The molecule has 0 saturated heterocycles. The molecule has 1 aliphatic carbocycles. The van der Waals surface area contributed by atoms with Crippen molar-refractivity contribution in [1.29, 1.82) is 0 Å². The van der Waals surface area contributed by atoms with Crippen LogP contribution >= 0.6 is 0 Å². The van der Waals surface area contributed by atoms with Crippen LogP contribution in [-0.2, 0) is 9.59 Å². The first kappa shape index (κ1) is 15.6. The van der Waals surface area contributed by atoms with E-state index >= 15 is 0 Å². The smallest absolute Gasteiger partial charge is 0.225 e. The summed E-state index contributed by atoms with van der Waals surface area (Å²) in [6.45, 7) is 2.40. The van der Waals surface area contributed by atoms with E-state index in [2.05, 4.69) is 5.32 Å². The Labute approximate surface area is 135 Å². The molecule has 0 saturated carbocycles. The van der Waals surface area contributed by atoms with Gasteiger partial charge in [0.05, 0.1) is 13.7 Å². The number of carbonyl (C=O) groups is 2. The summed E-state index contributed by atoms with van der Waals surface area (Å²) in [5.74, 6) is 1.07. The van der Waals surface area contributed by atoms with Crippen LogP contribution in [0.15, 0.2) is 29.5 Å². The van der Waals surface area contributed by atoms with E-state index in [0.29, 0.717) is 24.5 Å². The van der Waals surface area contributed by atoms with Crippen LogP contribution in [0.1, 0.15) is 44.1 Å². The zero-order valence-electron chi connectivity index (χ0n) is 13.5. The van der Waals surface area contributed by atoms with Gasteiger partial charge in [-0.25, -0.2) is 0 Å². The third-order valence-electron chi connectivity index (χ3n) is 4.38. The van der Waals surface area contributed by atoms with E-state index in [0.717, 1.165) is 29.7 Å². The van der Waals surface area contributed by atoms with Crippen molar-refractivity contribution in [2.24, 2.45) is 0 Å². The van der Waals surface area contributed by atoms with E-state index in [1.165, 1.54) is 0 Å². The zero-order chi connectivity index (χ0) is 16.4. The van der Waals surface area contributed by atoms with Crippen LogP contribution in [0.25, 0.3) is 0 Å². The number of hydrogen-bond donors (Lipinski definition) is 1. The van der Waals surface area contributed by atoms with Gasteiger partial charge in [-0.15, -0.1) is 0 Å². The summed E-state index contributed by atoms with van der Waals surface area (Å²) < 4.78 is 11.2. The Balaban J connectivity index is 2.13. The minimum Gasteiger partial charge on any atom is -0.493 e. The van der Waals surface area contributed by atoms with Crippen LogP contribution in [0.4, 0.5) is 0 Å². The third-order valence-corrected chi connectivity index (χ3v) is 4.38. The fraction of sp³-hybridized carbons (Fsp3) is 0.444. The highest BCUT2D eigenvalue weighted by Crippen LogP contribution is 2.44. The average molecular weight is 315 g/mol. The number of allylic oxidation sites excluding steroid dienone is 2. The second kappa shape index (κ2) is 6.44. The van der Waals surface area contributed by atoms with Gasteiger partial charge in [0.15, 0.2) is 17.3 Å². The highest BCUT2D eigenvalue weighted by atomic mass is 16.5. The quantitative estimate of drug-likeness (QED) is 0.928. The first-order valence-electron chi connectivity index (χ1n) is 8.01. The van der Waals surface area contributed by atoms with Crippen LogP contribution in [0.5, 0.6) is 11.5 Å². The van der Waals surface area contributed by atoms with Crippen molar-refractivity contribution in [3.05, 3.63) is 35.0 Å². The summed E-state index contributed by atoms with van der Waals surface area (Å²) in [7, 11) is 1.59. The van der Waals surface area contributed by atoms with Gasteiger partial charge in [0, 0.05) is 35.6 Å². The normalized spacial score (nSPS) is 20.9. The molecule has 1 aliphatic heterocycles. The molecule has 0 spiro atoms. The fourth-order valence-electron chi connectivity index (χ4n) is 3.44. The van der Waals surface area contributed by atoms with Crippen molar-refractivity contribution in [1.82, 2.24) is 5.32 Å². The predicted molar refractivity (Wildman–Crippen MR) is 85.5 cm³/mol. The number of hydrogen-bond acceptors (Lipinski definition) is 4. The summed E-state index contributed by atoms with van der Waals surface area (Å²) in [6.07, 6.45) is 2.34. The maximum Gasteiger partial charge on any atom is 0.225 e. The van der Waals surface area contributed by atoms with Gasteiger partial charge in [-0.05, 0) is 25.8 Å². The van der Waals surface area contributed by atoms with Crippen LogP contribution in [0, 0.1) is 0 Å². The second-order valence-corrected chi connectivity index (χ2v) is 5.79. The van der Waals surface area contributed by atoms with E-state index in [1.54, 1.807) is 7.11 Å². The number of methoxy groups -OCH3 is 1. The van der Waals surface area contributed by atoms with E-state index in [4.69, 9.17) is 9.47 Å². The van der Waals surface area contributed by atoms with Crippen LogP contribution in [0.2, 0.25) is 0 Å². The molecule has 1 aromatic carbocycles. The molecule has 1 heterocycles. The average Bonchev–Trinajstić information content (AvgIpc) is 2.54. The third kappa shape index (κ3) is 2.83. The van der Waals surface area contributed by atoms with Gasteiger partial charge in [-0.3, -0.25) is 9.59 Å². The molecule has 23 heavy (non-hydrogen) atoms. The zero-order valence-corrected chi connectivity index (χ0v) is 13.5. The molecule has 2 aliphatic rings. The lowest BCUT2D eigenvalue weighted by Gasteiger charge is -2.32. The Morgan fingerprint density at radius 1 is 1.26 bits per heavy atom. The molecule has 5 nitrogen and oxygen atoms in total. The lowest BCUT2D eigenvalue weighted by atomic mass is 9.77. The summed E-state index contributed by atoms with van der Waals surface area (Å²) in [6, 6.07) is 5.62. The van der Waals surface area contributed by atoms with Crippen LogP contribution in [-0.4, -0.2) is 25.4 Å². The molecule has 1 unspecified atom stereocenters. The molecule has 1 aromatic rings. The van der Waals surface area contributed by atoms with Crippen LogP contribution in [0.3, 0.4) is 0 Å². The summed E-state index contributed by atoms with van der Waals surface area (Å²) >= 11 is 0. The van der Waals surface area contributed by atoms with E-state index in [9.17, 15) is 9.59 Å². The molecule has 1 amide bonds. The predicted octanol–water partition coefficient (Wildman–Crippen LogP) is 2.70. The SMILES string of the molecule is CCOc1c(OC)cccc1C1CC(=O)NC2=C1C(=O)CCC2. The second-order valence-electron chi connectivity index (χ2n) is 5.79. The number of amides is 1. The van der Waals surface area contributed by atoms with Gasteiger partial charge in [0.2, 0.25) is 5.91 Å². The molecular formula is C18H21NO4. The maximum absolute atomic E-state index is 12.5. The molecule has 1 atom stereocenters. The number of carbonyl (C=O) groups excluding carboxylic acids is 2. The van der Waals surface area contributed by atoms with Crippen LogP contribution < -0.4 is 14.8 Å². The van der Waals surface area contributed by atoms with Crippen molar-refractivity contribution in [2.45, 2.75) is 38.5 Å². The van der Waals surface area contributed by atoms with E-state index in [-0.39, 0.29) is 24.0 Å². The highest BCUT2D eigenvalue weighted by Gasteiger charge is 2.36. The molecule has 1 N–H and O–H groups in total. The first-order valence-corrected chi connectivity index (χ1v) is 8.01. The number of Topliss-reactive ketones (excluding diaryl/α,β-unsaturated/α-hetero) is 1. The van der Waals surface area contributed by atoms with E-state index in [1.807, 2.05) is 25.1 Å². The Hall–Kier alpha value is -2.30. The molecule has 0 radical (unpaired) electrons. The largest absolute Gasteiger partial charge is 0.493 e. The lowest BCUT2D eigenvalue weighted by Crippen LogP contribution is -2.36. The molecule has 5 heteroatoms. The Bertz CT molecular complexity index is 678. The lowest BCUT2D eigenvalue weighted by molar-refractivity contribution is -0.122. The molecule has 0 aromatic heterocycles. The number of benzene rings is 1. The molecule has 122 valence electrons. The minimum absolute atomic E-state index is 0.0475. The first-order chi connectivity index (χ1) is 11.2. The number of ketones is 1. The van der Waals surface area contributed by atoms with Crippen molar-refractivity contribution in [3.8, 4) is 11.5 Å². The summed E-state index contributed by atoms with van der Waals surface area (Å²) in [5, 5.41) is 2.88. The fourth-order valence-corrected chi connectivity index (χ4v) is 3.44. The topological polar surface area (TPSA) is 64.6 Å². The number of para-hydroxylation sites is 1. The van der Waals surface area contributed by atoms with Gasteiger partial charge in [0.1, 0.15) is 0 Å². The summed E-state index contributed by atoms with van der Waals surface area (Å²) in [5.41, 5.74) is 2.38. The van der Waals surface area contributed by atoms with Crippen molar-refractivity contribution < 1.29 is 19.1 Å². The van der Waals surface area contributed by atoms with Gasteiger partial charge < -0.3 is 14.8 Å². The Morgan fingerprint density at radius 2 is 2.09 bits per heavy atom. The van der Waals surface area contributed by atoms with E-state index < -0.39 is 0 Å². The van der Waals surface area contributed by atoms with Gasteiger partial charge in [-0.1, -0.05) is 12.1 Å². The van der Waals surface area contributed by atoms with Crippen molar-refractivity contribution in [3.63, 3.8) is 0 Å². The van der Waals surface area contributed by atoms with Gasteiger partial charge >= 0.3 is 0 Å². The number of rotatable bonds is 4. The number of ether oxygens (including phenoxy) is 2. The molecule has 3 rings (SSSR count). The monoisotopic (exact) mass is 315 g/mol. The standard InChI is InChI=1S/C18H21NO4/c1-3-23-18-11(6-4-9-15(18)22-2)12-10-16(21)19-13-7-5-8-14(20)17(12)13/h4,6,9,12H,3,5,7-8,10H2,1-2H3,(H,19,21). The summed E-state index contributed by atoms with van der Waals surface area (Å²) in [4.78, 5) is 24.6. The number of nitrogens with one attached hydrogen (secondary N) is 1. The Kier molecular flexibility index (Phi) is 4.37. The molecule has 0 fully saturated rings. The minimum atomic E-state index is -0.261.